The number of nitrogens with zero attached hydrogens (tertiary/aromatic N) is 3. The summed E-state index contributed by atoms with van der Waals surface area (Å²) in [5, 5.41) is 10.6. The summed E-state index contributed by atoms with van der Waals surface area (Å²) in [6.45, 7) is 0. The number of halogens is 3. The average molecular weight is 375 g/mol. The first kappa shape index (κ1) is 15.5. The number of aromatic nitrogens is 2. The number of carbonyl (C=O) groups is 1. The molecule has 9 heteroatoms. The van der Waals surface area contributed by atoms with Gasteiger partial charge in [0.2, 0.25) is 11.1 Å². The zero-order chi connectivity index (χ0) is 15.6. The van der Waals surface area contributed by atoms with Gasteiger partial charge in [0.25, 0.3) is 0 Å². The molecule has 0 amide bonds. The van der Waals surface area contributed by atoms with Gasteiger partial charge in [-0.3, -0.25) is 14.9 Å². The van der Waals surface area contributed by atoms with Gasteiger partial charge in [-0.05, 0) is 23.7 Å². The Morgan fingerprint density at radius 3 is 2.76 bits per heavy atom. The lowest BCUT2D eigenvalue weighted by Crippen LogP contribution is -2.12. The van der Waals surface area contributed by atoms with Gasteiger partial charge in [0, 0.05) is 12.3 Å². The Morgan fingerprint density at radius 1 is 1.43 bits per heavy atom. The molecule has 0 saturated heterocycles. The maximum absolute atomic E-state index is 14.0. The van der Waals surface area contributed by atoms with Crippen molar-refractivity contribution < 1.29 is 14.1 Å². The molecule has 2 rings (SSSR count). The first-order chi connectivity index (χ1) is 9.91. The molecule has 0 saturated carbocycles. The quantitative estimate of drug-likeness (QED) is 0.269. The van der Waals surface area contributed by atoms with Crippen molar-refractivity contribution in [3.63, 3.8) is 0 Å². The second-order valence-corrected chi connectivity index (χ2v) is 5.13. The van der Waals surface area contributed by atoms with Gasteiger partial charge in [-0.2, -0.15) is 4.39 Å². The van der Waals surface area contributed by atoms with E-state index in [1.165, 1.54) is 24.4 Å². The summed E-state index contributed by atoms with van der Waals surface area (Å²) in [6.07, 6.45) is 1.34. The molecule has 1 atom stereocenters. The van der Waals surface area contributed by atoms with E-state index in [9.17, 15) is 19.3 Å². The summed E-state index contributed by atoms with van der Waals surface area (Å²) in [4.78, 5) is 28.5. The van der Waals surface area contributed by atoms with E-state index >= 15 is 0 Å². The standard InChI is InChI=1S/C12H6BrClFN3O3/c13-9(7-4-5-16-12(14)17-7)11(19)6-2-1-3-8(10(6)15)18(20)21/h1-5,9H. The van der Waals surface area contributed by atoms with Crippen molar-refractivity contribution in [2.24, 2.45) is 0 Å². The van der Waals surface area contributed by atoms with E-state index < -0.39 is 32.6 Å². The van der Waals surface area contributed by atoms with Crippen LogP contribution in [0, 0.1) is 15.9 Å². The van der Waals surface area contributed by atoms with Crippen LogP contribution in [-0.2, 0) is 0 Å². The number of nitro groups is 1. The molecule has 108 valence electrons. The van der Waals surface area contributed by atoms with E-state index in [1.807, 2.05) is 0 Å². The van der Waals surface area contributed by atoms with Crippen LogP contribution in [0.25, 0.3) is 0 Å². The number of rotatable bonds is 4. The van der Waals surface area contributed by atoms with Crippen molar-refractivity contribution >= 4 is 39.0 Å². The minimum atomic E-state index is -1.18. The van der Waals surface area contributed by atoms with E-state index in [1.54, 1.807) is 0 Å². The summed E-state index contributed by atoms with van der Waals surface area (Å²) in [5.74, 6) is -1.89. The molecule has 0 bridgehead atoms. The molecule has 0 aliphatic heterocycles. The fourth-order valence-electron chi connectivity index (χ4n) is 1.61. The molecule has 0 N–H and O–H groups in total. The highest BCUT2D eigenvalue weighted by atomic mass is 79.9. The van der Waals surface area contributed by atoms with Crippen LogP contribution in [0.1, 0.15) is 20.9 Å². The number of nitro benzene ring substituents is 1. The van der Waals surface area contributed by atoms with Gasteiger partial charge in [0.1, 0.15) is 4.83 Å². The Morgan fingerprint density at radius 2 is 2.14 bits per heavy atom. The Bertz CT molecular complexity index is 729. The van der Waals surface area contributed by atoms with Crippen LogP contribution >= 0.6 is 27.5 Å². The highest BCUT2D eigenvalue weighted by Crippen LogP contribution is 2.29. The van der Waals surface area contributed by atoms with Crippen molar-refractivity contribution in [1.29, 1.82) is 0 Å². The number of Topliss-reactive ketones (excluding diaryl/α,β-unsaturated/α-hetero) is 1. The molecule has 0 spiro atoms. The average Bonchev–Trinajstić information content (AvgIpc) is 2.45. The topological polar surface area (TPSA) is 86.0 Å². The zero-order valence-corrected chi connectivity index (χ0v) is 12.5. The Balaban J connectivity index is 2.41. The monoisotopic (exact) mass is 373 g/mol. The van der Waals surface area contributed by atoms with Crippen molar-refractivity contribution in [3.05, 3.63) is 62.9 Å². The van der Waals surface area contributed by atoms with Crippen molar-refractivity contribution in [2.45, 2.75) is 4.83 Å². The van der Waals surface area contributed by atoms with Crippen LogP contribution in [0.4, 0.5) is 10.1 Å². The van der Waals surface area contributed by atoms with Gasteiger partial charge >= 0.3 is 5.69 Å². The lowest BCUT2D eigenvalue weighted by atomic mass is 10.0. The molecular weight excluding hydrogens is 369 g/mol. The molecule has 6 nitrogen and oxygen atoms in total. The SMILES string of the molecule is O=C(c1cccc([N+](=O)[O-])c1F)C(Br)c1ccnc(Cl)n1. The second-order valence-electron chi connectivity index (χ2n) is 3.87. The third-order valence-corrected chi connectivity index (χ3v) is 3.65. The van der Waals surface area contributed by atoms with Crippen LogP contribution < -0.4 is 0 Å². The number of ketones is 1. The predicted octanol–water partition coefficient (Wildman–Crippen LogP) is 3.50. The second kappa shape index (κ2) is 6.23. The van der Waals surface area contributed by atoms with Gasteiger partial charge < -0.3 is 0 Å². The normalized spacial score (nSPS) is 12.0. The van der Waals surface area contributed by atoms with Gasteiger partial charge in [0.05, 0.1) is 16.2 Å². The molecular formula is C12H6BrClFN3O3. The summed E-state index contributed by atoms with van der Waals surface area (Å²) in [6, 6.07) is 4.82. The molecule has 21 heavy (non-hydrogen) atoms. The zero-order valence-electron chi connectivity index (χ0n) is 10.2. The van der Waals surface area contributed by atoms with Crippen molar-refractivity contribution in [2.75, 3.05) is 0 Å². The van der Waals surface area contributed by atoms with Crippen LogP contribution in [0.15, 0.2) is 30.5 Å². The summed E-state index contributed by atoms with van der Waals surface area (Å²) in [5.41, 5.74) is -0.937. The third-order valence-electron chi connectivity index (χ3n) is 2.58. The van der Waals surface area contributed by atoms with E-state index in [-0.39, 0.29) is 11.0 Å². The highest BCUT2D eigenvalue weighted by Gasteiger charge is 2.27. The van der Waals surface area contributed by atoms with E-state index in [0.717, 1.165) is 6.07 Å². The molecule has 0 radical (unpaired) electrons. The van der Waals surface area contributed by atoms with Crippen molar-refractivity contribution in [1.82, 2.24) is 9.97 Å². The molecule has 0 aliphatic rings. The molecule has 0 aliphatic carbocycles. The molecule has 0 fully saturated rings. The highest BCUT2D eigenvalue weighted by molar-refractivity contribution is 9.09. The lowest BCUT2D eigenvalue weighted by Gasteiger charge is -2.09. The molecule has 1 aromatic heterocycles. The maximum atomic E-state index is 14.0. The fourth-order valence-corrected chi connectivity index (χ4v) is 2.27. The summed E-state index contributed by atoms with van der Waals surface area (Å²) >= 11 is 8.70. The maximum Gasteiger partial charge on any atom is 0.305 e. The summed E-state index contributed by atoms with van der Waals surface area (Å²) in [7, 11) is 0. The van der Waals surface area contributed by atoms with Gasteiger partial charge in [-0.1, -0.05) is 22.0 Å². The molecule has 1 heterocycles. The number of benzene rings is 1. The predicted molar refractivity (Wildman–Crippen MR) is 76.1 cm³/mol. The smallest absolute Gasteiger partial charge is 0.292 e. The van der Waals surface area contributed by atoms with Gasteiger partial charge in [0.15, 0.2) is 5.78 Å². The van der Waals surface area contributed by atoms with E-state index in [2.05, 4.69) is 25.9 Å². The molecule has 1 unspecified atom stereocenters. The number of hydrogen-bond acceptors (Lipinski definition) is 5. The molecule has 2 aromatic rings. The fraction of sp³-hybridized carbons (Fsp3) is 0.0833. The first-order valence-electron chi connectivity index (χ1n) is 5.51. The van der Waals surface area contributed by atoms with Crippen LogP contribution in [-0.4, -0.2) is 20.7 Å². The number of alkyl halides is 1. The molecule has 1 aromatic carbocycles. The lowest BCUT2D eigenvalue weighted by molar-refractivity contribution is -0.387. The first-order valence-corrected chi connectivity index (χ1v) is 6.81. The third kappa shape index (κ3) is 3.22. The van der Waals surface area contributed by atoms with Crippen LogP contribution in [0.3, 0.4) is 0 Å². The van der Waals surface area contributed by atoms with Gasteiger partial charge in [-0.25, -0.2) is 9.97 Å². The Labute approximate surface area is 131 Å². The van der Waals surface area contributed by atoms with E-state index in [0.29, 0.717) is 0 Å². The minimum absolute atomic E-state index is 0.0655. The minimum Gasteiger partial charge on any atom is -0.292 e. The van der Waals surface area contributed by atoms with Gasteiger partial charge in [-0.15, -0.1) is 0 Å². The van der Waals surface area contributed by atoms with Crippen LogP contribution in [0.5, 0.6) is 0 Å². The largest absolute Gasteiger partial charge is 0.305 e. The van der Waals surface area contributed by atoms with Crippen molar-refractivity contribution in [3.8, 4) is 0 Å². The number of carbonyl (C=O) groups excluding carboxylic acids is 1. The Kier molecular flexibility index (Phi) is 4.59. The van der Waals surface area contributed by atoms with E-state index in [4.69, 9.17) is 11.6 Å². The van der Waals surface area contributed by atoms with Crippen LogP contribution in [0.2, 0.25) is 5.28 Å². The summed E-state index contributed by atoms with van der Waals surface area (Å²) < 4.78 is 14.0. The number of hydrogen-bond donors (Lipinski definition) is 0. The Hall–Kier alpha value is -1.93.